The van der Waals surface area contributed by atoms with Crippen molar-refractivity contribution in [2.45, 2.75) is 264 Å². The van der Waals surface area contributed by atoms with Crippen LogP contribution in [0.25, 0.3) is 0 Å². The van der Waals surface area contributed by atoms with E-state index in [-0.39, 0.29) is 5.97 Å². The molecule has 0 atom stereocenters. The predicted octanol–water partition coefficient (Wildman–Crippen LogP) is 16.9. The molecule has 0 aliphatic carbocycles. The van der Waals surface area contributed by atoms with Gasteiger partial charge >= 0.3 is 5.97 Å². The quantitative estimate of drug-likeness (QED) is 0.0363. The summed E-state index contributed by atoms with van der Waals surface area (Å²) in [5.74, 6) is 0.0203. The highest BCUT2D eigenvalue weighted by Crippen LogP contribution is 2.16. The van der Waals surface area contributed by atoms with Crippen LogP contribution in [-0.2, 0) is 9.53 Å². The molecule has 0 saturated carbocycles. The van der Waals surface area contributed by atoms with Crippen LogP contribution in [-0.4, -0.2) is 12.6 Å². The van der Waals surface area contributed by atoms with Crippen LogP contribution >= 0.6 is 0 Å². The molecule has 0 radical (unpaired) electrons. The molecule has 0 aromatic carbocycles. The van der Waals surface area contributed by atoms with Gasteiger partial charge in [0.1, 0.15) is 0 Å². The minimum atomic E-state index is 0.0203. The second-order valence-electron chi connectivity index (χ2n) is 15.4. The molecule has 0 aliphatic heterocycles. The van der Waals surface area contributed by atoms with Gasteiger partial charge in [-0.15, -0.1) is 0 Å². The Kier molecular flexibility index (Phi) is 44.0. The number of esters is 1. The monoisotopic (exact) mass is 687 g/mol. The predicted molar refractivity (Wildman–Crippen MR) is 221 cm³/mol. The number of unbranched alkanes of at least 4 members (excludes halogenated alkanes) is 34. The van der Waals surface area contributed by atoms with Crippen LogP contribution in [0.15, 0.2) is 24.3 Å². The molecule has 0 saturated heterocycles. The van der Waals surface area contributed by atoms with Gasteiger partial charge in [-0.2, -0.15) is 0 Å². The first-order valence-electron chi connectivity index (χ1n) is 22.8. The Morgan fingerprint density at radius 1 is 0.347 bits per heavy atom. The minimum absolute atomic E-state index is 0.0203. The van der Waals surface area contributed by atoms with Gasteiger partial charge in [-0.1, -0.05) is 237 Å². The van der Waals surface area contributed by atoms with Crippen LogP contribution in [0.2, 0.25) is 0 Å². The highest BCUT2D eigenvalue weighted by atomic mass is 16.5. The minimum Gasteiger partial charge on any atom is -0.466 e. The zero-order valence-electron chi connectivity index (χ0n) is 33.9. The smallest absolute Gasteiger partial charge is 0.305 e. The van der Waals surface area contributed by atoms with Crippen LogP contribution in [0.3, 0.4) is 0 Å². The zero-order chi connectivity index (χ0) is 35.4. The van der Waals surface area contributed by atoms with Gasteiger partial charge < -0.3 is 4.74 Å². The van der Waals surface area contributed by atoms with Gasteiger partial charge in [0.15, 0.2) is 0 Å². The van der Waals surface area contributed by atoms with E-state index < -0.39 is 0 Å². The van der Waals surface area contributed by atoms with E-state index in [1.54, 1.807) is 0 Å². The molecular weight excluding hydrogens is 597 g/mol. The first kappa shape index (κ1) is 48.0. The van der Waals surface area contributed by atoms with Crippen molar-refractivity contribution in [3.8, 4) is 0 Å². The molecule has 0 aromatic heterocycles. The Morgan fingerprint density at radius 3 is 1.02 bits per heavy atom. The van der Waals surface area contributed by atoms with Crippen LogP contribution in [0.1, 0.15) is 264 Å². The summed E-state index contributed by atoms with van der Waals surface area (Å²) < 4.78 is 5.46. The number of rotatable bonds is 42. The molecule has 0 fully saturated rings. The Hall–Kier alpha value is -1.05. The van der Waals surface area contributed by atoms with Gasteiger partial charge in [0, 0.05) is 6.42 Å². The first-order chi connectivity index (χ1) is 24.3. The summed E-state index contributed by atoms with van der Waals surface area (Å²) in [5.41, 5.74) is 0. The molecule has 0 bridgehead atoms. The molecule has 0 N–H and O–H groups in total. The fraction of sp³-hybridized carbons (Fsp3) is 0.894. The SMILES string of the molecule is CCCCC/C=C\C/C=C\CCCCCCCCOC(=O)CCCCCCCCCCCCCCCCCCCCCCCCCCCC. The molecule has 0 aliphatic rings. The maximum atomic E-state index is 12.0. The largest absolute Gasteiger partial charge is 0.466 e. The Morgan fingerprint density at radius 2 is 0.633 bits per heavy atom. The van der Waals surface area contributed by atoms with Crippen molar-refractivity contribution in [1.29, 1.82) is 0 Å². The average molecular weight is 687 g/mol. The summed E-state index contributed by atoms with van der Waals surface area (Å²) in [7, 11) is 0. The fourth-order valence-corrected chi connectivity index (χ4v) is 6.93. The van der Waals surface area contributed by atoms with Crippen molar-refractivity contribution < 1.29 is 9.53 Å². The fourth-order valence-electron chi connectivity index (χ4n) is 6.93. The van der Waals surface area contributed by atoms with E-state index in [0.717, 1.165) is 19.3 Å². The number of hydrogen-bond donors (Lipinski definition) is 0. The molecular formula is C47H90O2. The van der Waals surface area contributed by atoms with Crippen molar-refractivity contribution >= 4 is 5.97 Å². The van der Waals surface area contributed by atoms with Crippen molar-refractivity contribution in [2.75, 3.05) is 6.61 Å². The third kappa shape index (κ3) is 44.9. The third-order valence-electron chi connectivity index (χ3n) is 10.3. The van der Waals surface area contributed by atoms with Gasteiger partial charge in [-0.3, -0.25) is 4.79 Å². The second-order valence-corrected chi connectivity index (χ2v) is 15.4. The molecule has 0 heterocycles. The van der Waals surface area contributed by atoms with Crippen molar-refractivity contribution in [1.82, 2.24) is 0 Å². The molecule has 2 heteroatoms. The topological polar surface area (TPSA) is 26.3 Å². The second kappa shape index (κ2) is 45.0. The van der Waals surface area contributed by atoms with Crippen LogP contribution in [0, 0.1) is 0 Å². The molecule has 0 rings (SSSR count). The summed E-state index contributed by atoms with van der Waals surface area (Å²) in [6, 6.07) is 0. The normalized spacial score (nSPS) is 11.8. The highest BCUT2D eigenvalue weighted by molar-refractivity contribution is 5.69. The highest BCUT2D eigenvalue weighted by Gasteiger charge is 2.03. The molecule has 0 amide bonds. The standard InChI is InChI=1S/C47H90O2/c1-3-5-7-9-11-13-15-17-19-21-22-23-24-25-26-27-28-29-30-31-33-35-37-39-41-43-45-47(48)49-46-44-42-40-38-36-34-32-20-18-16-14-12-10-8-6-4-2/h12,14,18,20H,3-11,13,15-17,19,21-46H2,1-2H3/b14-12-,20-18-. The van der Waals surface area contributed by atoms with Gasteiger partial charge in [0.05, 0.1) is 6.61 Å². The van der Waals surface area contributed by atoms with E-state index in [0.29, 0.717) is 13.0 Å². The van der Waals surface area contributed by atoms with Crippen LogP contribution < -0.4 is 0 Å². The van der Waals surface area contributed by atoms with Crippen molar-refractivity contribution in [2.24, 2.45) is 0 Å². The van der Waals surface area contributed by atoms with Gasteiger partial charge in [-0.25, -0.2) is 0 Å². The summed E-state index contributed by atoms with van der Waals surface area (Å²) in [6.07, 6.45) is 61.5. The molecule has 2 nitrogen and oxygen atoms in total. The maximum absolute atomic E-state index is 12.0. The Balaban J connectivity index is 3.18. The van der Waals surface area contributed by atoms with E-state index in [4.69, 9.17) is 4.74 Å². The van der Waals surface area contributed by atoms with E-state index in [2.05, 4.69) is 38.2 Å². The number of carbonyl (C=O) groups excluding carboxylic acids is 1. The Bertz CT molecular complexity index is 665. The molecule has 0 aromatic rings. The lowest BCUT2D eigenvalue weighted by molar-refractivity contribution is -0.143. The van der Waals surface area contributed by atoms with Gasteiger partial charge in [0.2, 0.25) is 0 Å². The lowest BCUT2D eigenvalue weighted by atomic mass is 10.0. The van der Waals surface area contributed by atoms with Crippen LogP contribution in [0.5, 0.6) is 0 Å². The first-order valence-corrected chi connectivity index (χ1v) is 22.8. The van der Waals surface area contributed by atoms with Gasteiger partial charge in [0.25, 0.3) is 0 Å². The van der Waals surface area contributed by atoms with Gasteiger partial charge in [-0.05, 0) is 44.9 Å². The number of hydrogen-bond acceptors (Lipinski definition) is 2. The number of carbonyl (C=O) groups is 1. The van der Waals surface area contributed by atoms with E-state index in [1.165, 1.54) is 225 Å². The number of allylic oxidation sites excluding steroid dienone is 4. The molecule has 0 unspecified atom stereocenters. The zero-order valence-corrected chi connectivity index (χ0v) is 33.9. The molecule has 0 spiro atoms. The summed E-state index contributed by atoms with van der Waals surface area (Å²) in [6.45, 7) is 5.18. The van der Waals surface area contributed by atoms with E-state index >= 15 is 0 Å². The van der Waals surface area contributed by atoms with Crippen LogP contribution in [0.4, 0.5) is 0 Å². The van der Waals surface area contributed by atoms with E-state index in [9.17, 15) is 4.79 Å². The Labute approximate surface area is 309 Å². The third-order valence-corrected chi connectivity index (χ3v) is 10.3. The average Bonchev–Trinajstić information content (AvgIpc) is 3.11. The lowest BCUT2D eigenvalue weighted by Crippen LogP contribution is -2.05. The van der Waals surface area contributed by atoms with Crippen molar-refractivity contribution in [3.05, 3.63) is 24.3 Å². The lowest BCUT2D eigenvalue weighted by Gasteiger charge is -2.06. The van der Waals surface area contributed by atoms with Crippen molar-refractivity contribution in [3.63, 3.8) is 0 Å². The summed E-state index contributed by atoms with van der Waals surface area (Å²) >= 11 is 0. The maximum Gasteiger partial charge on any atom is 0.305 e. The summed E-state index contributed by atoms with van der Waals surface area (Å²) in [4.78, 5) is 12.0. The molecule has 49 heavy (non-hydrogen) atoms. The number of ether oxygens (including phenoxy) is 1. The summed E-state index contributed by atoms with van der Waals surface area (Å²) in [5, 5.41) is 0. The van der Waals surface area contributed by atoms with E-state index in [1.807, 2.05) is 0 Å². The molecule has 290 valence electrons.